The normalized spacial score (nSPS) is 11.6. The average molecular weight is 719 g/mol. The molecular formula is C52H34N2S. The highest BCUT2D eigenvalue weighted by molar-refractivity contribution is 7.25. The van der Waals surface area contributed by atoms with Crippen LogP contribution >= 0.6 is 11.3 Å². The summed E-state index contributed by atoms with van der Waals surface area (Å²) in [5, 5.41) is 7.60. The molecule has 0 amide bonds. The zero-order valence-corrected chi connectivity index (χ0v) is 30.7. The van der Waals surface area contributed by atoms with E-state index in [0.29, 0.717) is 0 Å². The Morgan fingerprint density at radius 1 is 0.364 bits per heavy atom. The number of hydrogen-bond donors (Lipinski definition) is 0. The van der Waals surface area contributed by atoms with Crippen molar-refractivity contribution in [3.63, 3.8) is 0 Å². The molecule has 11 aromatic rings. The van der Waals surface area contributed by atoms with E-state index in [1.54, 1.807) is 0 Å². The number of aromatic nitrogens is 1. The van der Waals surface area contributed by atoms with Crippen molar-refractivity contribution in [2.45, 2.75) is 0 Å². The van der Waals surface area contributed by atoms with Gasteiger partial charge in [-0.05, 0) is 88.1 Å². The van der Waals surface area contributed by atoms with E-state index in [0.717, 1.165) is 22.7 Å². The number of para-hydroxylation sites is 3. The van der Waals surface area contributed by atoms with E-state index in [1.165, 1.54) is 75.0 Å². The minimum Gasteiger partial charge on any atom is -0.310 e. The predicted octanol–water partition coefficient (Wildman–Crippen LogP) is 15.1. The minimum atomic E-state index is 1.10. The zero-order chi connectivity index (χ0) is 36.3. The quantitative estimate of drug-likeness (QED) is 0.166. The molecule has 2 heterocycles. The van der Waals surface area contributed by atoms with Gasteiger partial charge in [0, 0.05) is 53.6 Å². The summed E-state index contributed by atoms with van der Waals surface area (Å²) in [4.78, 5) is 2.43. The third kappa shape index (κ3) is 5.24. The van der Waals surface area contributed by atoms with E-state index in [4.69, 9.17) is 0 Å². The van der Waals surface area contributed by atoms with Crippen LogP contribution < -0.4 is 4.90 Å². The second-order valence-electron chi connectivity index (χ2n) is 14.1. The van der Waals surface area contributed by atoms with E-state index < -0.39 is 0 Å². The topological polar surface area (TPSA) is 8.17 Å². The summed E-state index contributed by atoms with van der Waals surface area (Å²) >= 11 is 1.86. The van der Waals surface area contributed by atoms with Crippen molar-refractivity contribution in [1.29, 1.82) is 0 Å². The maximum atomic E-state index is 2.43. The van der Waals surface area contributed by atoms with E-state index in [2.05, 4.69) is 216 Å². The van der Waals surface area contributed by atoms with Gasteiger partial charge in [-0.25, -0.2) is 0 Å². The molecule has 3 heteroatoms. The Labute approximate surface area is 323 Å². The fourth-order valence-electron chi connectivity index (χ4n) is 8.45. The lowest BCUT2D eigenvalue weighted by Crippen LogP contribution is -2.11. The molecule has 0 N–H and O–H groups in total. The highest BCUT2D eigenvalue weighted by atomic mass is 32.1. The van der Waals surface area contributed by atoms with E-state index in [9.17, 15) is 0 Å². The summed E-state index contributed by atoms with van der Waals surface area (Å²) in [7, 11) is 0. The second-order valence-corrected chi connectivity index (χ2v) is 15.2. The summed E-state index contributed by atoms with van der Waals surface area (Å²) in [6, 6.07) is 75.2. The number of rotatable bonds is 6. The van der Waals surface area contributed by atoms with E-state index in [-0.39, 0.29) is 0 Å². The molecular weight excluding hydrogens is 685 g/mol. The summed E-state index contributed by atoms with van der Waals surface area (Å²) in [5.41, 5.74) is 11.7. The Balaban J connectivity index is 1.11. The Morgan fingerprint density at radius 2 is 0.982 bits per heavy atom. The molecule has 2 nitrogen and oxygen atoms in total. The van der Waals surface area contributed by atoms with Crippen LogP contribution in [0.5, 0.6) is 0 Å². The molecule has 9 aromatic carbocycles. The highest BCUT2D eigenvalue weighted by Crippen LogP contribution is 2.45. The maximum Gasteiger partial charge on any atom is 0.0561 e. The highest BCUT2D eigenvalue weighted by Gasteiger charge is 2.21. The van der Waals surface area contributed by atoms with Crippen LogP contribution in [-0.4, -0.2) is 4.57 Å². The SMILES string of the molecule is c1ccc(-n2c3ccccc3c3ccc(N(c4ccc(-c5ccc6c(c5)sc5ccccc56)cc4)c4ccccc4-c4cccc5ccccc45)cc32)cc1. The van der Waals surface area contributed by atoms with Gasteiger partial charge in [0.2, 0.25) is 0 Å². The van der Waals surface area contributed by atoms with Crippen LogP contribution in [0.15, 0.2) is 206 Å². The molecule has 0 unspecified atom stereocenters. The third-order valence-corrected chi connectivity index (χ3v) is 12.1. The third-order valence-electron chi connectivity index (χ3n) is 11.0. The molecule has 258 valence electrons. The summed E-state index contributed by atoms with van der Waals surface area (Å²) in [6.45, 7) is 0. The molecule has 0 spiro atoms. The summed E-state index contributed by atoms with van der Waals surface area (Å²) < 4.78 is 5.04. The van der Waals surface area contributed by atoms with Crippen LogP contribution in [0.1, 0.15) is 0 Å². The standard InChI is InChI=1S/C52H34N2S/c1-2-15-38(16-3-1)54-49-23-10-7-19-44(49)45-32-30-40(34-50(45)54)53(48-22-9-6-18-43(48)42-21-12-14-36-13-4-5-17-41(36)42)39-28-25-35(26-29-39)37-27-31-47-46-20-8-11-24-51(46)55-52(47)33-37/h1-34H. The van der Waals surface area contributed by atoms with Gasteiger partial charge in [-0.1, -0.05) is 146 Å². The lowest BCUT2D eigenvalue weighted by molar-refractivity contribution is 1.18. The van der Waals surface area contributed by atoms with Crippen molar-refractivity contribution in [2.24, 2.45) is 0 Å². The maximum absolute atomic E-state index is 2.43. The number of thiophene rings is 1. The van der Waals surface area contributed by atoms with Gasteiger partial charge >= 0.3 is 0 Å². The lowest BCUT2D eigenvalue weighted by Gasteiger charge is -2.28. The van der Waals surface area contributed by atoms with Crippen LogP contribution in [0.4, 0.5) is 17.1 Å². The molecule has 0 aliphatic rings. The van der Waals surface area contributed by atoms with Crippen LogP contribution in [0.2, 0.25) is 0 Å². The first-order chi connectivity index (χ1) is 27.3. The molecule has 0 atom stereocenters. The number of benzene rings is 9. The van der Waals surface area contributed by atoms with Crippen molar-refractivity contribution in [2.75, 3.05) is 4.90 Å². The van der Waals surface area contributed by atoms with Gasteiger partial charge in [0.1, 0.15) is 0 Å². The Morgan fingerprint density at radius 3 is 1.87 bits per heavy atom. The lowest BCUT2D eigenvalue weighted by atomic mass is 9.96. The fourth-order valence-corrected chi connectivity index (χ4v) is 9.59. The molecule has 11 rings (SSSR count). The van der Waals surface area contributed by atoms with Gasteiger partial charge in [-0.3, -0.25) is 0 Å². The average Bonchev–Trinajstić information content (AvgIpc) is 3.79. The number of nitrogens with zero attached hydrogens (tertiary/aromatic N) is 2. The molecule has 0 bridgehead atoms. The Bertz CT molecular complexity index is 3200. The van der Waals surface area contributed by atoms with E-state index >= 15 is 0 Å². The molecule has 0 aliphatic carbocycles. The second kappa shape index (κ2) is 12.9. The van der Waals surface area contributed by atoms with E-state index in [1.807, 2.05) is 11.3 Å². The van der Waals surface area contributed by atoms with Crippen LogP contribution in [0.25, 0.3) is 80.7 Å². The summed E-state index contributed by atoms with van der Waals surface area (Å²) in [6.07, 6.45) is 0. The van der Waals surface area contributed by atoms with Gasteiger partial charge in [-0.15, -0.1) is 11.3 Å². The molecule has 0 radical (unpaired) electrons. The monoisotopic (exact) mass is 718 g/mol. The largest absolute Gasteiger partial charge is 0.310 e. The molecule has 55 heavy (non-hydrogen) atoms. The zero-order valence-electron chi connectivity index (χ0n) is 29.9. The predicted molar refractivity (Wildman–Crippen MR) is 237 cm³/mol. The number of anilines is 3. The molecule has 2 aromatic heterocycles. The molecule has 0 fully saturated rings. The Kier molecular flexibility index (Phi) is 7.39. The van der Waals surface area contributed by atoms with Crippen molar-refractivity contribution >= 4 is 81.1 Å². The first kappa shape index (κ1) is 31.6. The van der Waals surface area contributed by atoms with Crippen LogP contribution in [0, 0.1) is 0 Å². The Hall–Kier alpha value is -6.94. The van der Waals surface area contributed by atoms with Gasteiger partial charge in [0.15, 0.2) is 0 Å². The first-order valence-electron chi connectivity index (χ1n) is 18.8. The molecule has 0 saturated carbocycles. The van der Waals surface area contributed by atoms with Gasteiger partial charge in [-0.2, -0.15) is 0 Å². The van der Waals surface area contributed by atoms with Crippen molar-refractivity contribution in [3.05, 3.63) is 206 Å². The summed E-state index contributed by atoms with van der Waals surface area (Å²) in [5.74, 6) is 0. The fraction of sp³-hybridized carbons (Fsp3) is 0. The van der Waals surface area contributed by atoms with Gasteiger partial charge in [0.25, 0.3) is 0 Å². The minimum absolute atomic E-state index is 1.10. The number of fused-ring (bicyclic) bond motifs is 7. The van der Waals surface area contributed by atoms with Crippen molar-refractivity contribution in [1.82, 2.24) is 4.57 Å². The molecule has 0 saturated heterocycles. The molecule has 0 aliphatic heterocycles. The smallest absolute Gasteiger partial charge is 0.0561 e. The van der Waals surface area contributed by atoms with Gasteiger partial charge < -0.3 is 9.47 Å². The van der Waals surface area contributed by atoms with Gasteiger partial charge in [0.05, 0.1) is 16.7 Å². The van der Waals surface area contributed by atoms with Crippen LogP contribution in [-0.2, 0) is 0 Å². The first-order valence-corrected chi connectivity index (χ1v) is 19.6. The van der Waals surface area contributed by atoms with Crippen LogP contribution in [0.3, 0.4) is 0 Å². The van der Waals surface area contributed by atoms with Crippen molar-refractivity contribution in [3.8, 4) is 27.9 Å². The van der Waals surface area contributed by atoms with Crippen molar-refractivity contribution < 1.29 is 0 Å². The number of hydrogen-bond acceptors (Lipinski definition) is 2.